The minimum atomic E-state index is -4.71. The predicted molar refractivity (Wildman–Crippen MR) is 141 cm³/mol. The van der Waals surface area contributed by atoms with E-state index in [0.717, 1.165) is 56.8 Å². The van der Waals surface area contributed by atoms with Gasteiger partial charge in [-0.3, -0.25) is 23.7 Å². The summed E-state index contributed by atoms with van der Waals surface area (Å²) < 4.78 is 60.4. The first-order valence-corrected chi connectivity index (χ1v) is 13.8. The maximum absolute atomic E-state index is 13.7. The summed E-state index contributed by atoms with van der Waals surface area (Å²) in [6.45, 7) is -0.629. The first-order valence-electron chi connectivity index (χ1n) is 12.1. The van der Waals surface area contributed by atoms with Gasteiger partial charge in [0.05, 0.1) is 44.9 Å². The van der Waals surface area contributed by atoms with E-state index in [1.807, 2.05) is 0 Å². The van der Waals surface area contributed by atoms with E-state index in [0.29, 0.717) is 10.6 Å². The number of hydrogen-bond donors (Lipinski definition) is 1. The number of fused-ring (bicyclic) bond motifs is 2. The average Bonchev–Trinajstić information content (AvgIpc) is 3.62. The standard InChI is InChI=1S/C27H17F4N3O5S2/c28-13-7-9-14(10-8-13)34-23(36)20-19(17-6-3-11-39-17)22-25(40-21(20)24(34)37)33(26(38)41-22)12-18(35)32-16-5-2-1-4-15(16)27(29,30)31/h1-11,19-21H,12H2,(H,32,35)/t19-,20-,21+/m0/s1. The molecule has 0 bridgehead atoms. The van der Waals surface area contributed by atoms with E-state index in [4.69, 9.17) is 4.42 Å². The molecule has 0 radical (unpaired) electrons. The van der Waals surface area contributed by atoms with Crippen molar-refractivity contribution < 1.29 is 36.4 Å². The van der Waals surface area contributed by atoms with Crippen LogP contribution in [0.25, 0.3) is 0 Å². The second-order valence-electron chi connectivity index (χ2n) is 9.26. The molecule has 14 heteroatoms. The molecule has 3 amide bonds. The molecule has 0 unspecified atom stereocenters. The van der Waals surface area contributed by atoms with Crippen molar-refractivity contribution in [1.29, 1.82) is 0 Å². The maximum Gasteiger partial charge on any atom is 0.418 e. The van der Waals surface area contributed by atoms with Gasteiger partial charge in [0.1, 0.15) is 23.4 Å². The Balaban J connectivity index is 1.37. The topological polar surface area (TPSA) is 102 Å². The number of thioether (sulfide) groups is 1. The number of furan rings is 1. The minimum absolute atomic E-state index is 0.179. The highest BCUT2D eigenvalue weighted by Crippen LogP contribution is 2.54. The molecule has 2 aromatic heterocycles. The Morgan fingerprint density at radius 3 is 2.39 bits per heavy atom. The van der Waals surface area contributed by atoms with Crippen LogP contribution in [0.3, 0.4) is 0 Å². The molecule has 4 heterocycles. The van der Waals surface area contributed by atoms with Crippen LogP contribution in [0.4, 0.5) is 28.9 Å². The molecule has 2 aliphatic rings. The van der Waals surface area contributed by atoms with Gasteiger partial charge in [-0.25, -0.2) is 9.29 Å². The van der Waals surface area contributed by atoms with Crippen molar-refractivity contribution in [2.75, 3.05) is 10.2 Å². The van der Waals surface area contributed by atoms with Gasteiger partial charge >= 0.3 is 11.0 Å². The molecule has 0 aliphatic carbocycles. The molecule has 4 aromatic rings. The zero-order valence-electron chi connectivity index (χ0n) is 20.6. The Morgan fingerprint density at radius 2 is 1.71 bits per heavy atom. The van der Waals surface area contributed by atoms with Crippen LogP contribution in [0.5, 0.6) is 0 Å². The number of alkyl halides is 3. The molecule has 0 spiro atoms. The first kappa shape index (κ1) is 27.0. The van der Waals surface area contributed by atoms with Crippen molar-refractivity contribution in [3.8, 4) is 0 Å². The van der Waals surface area contributed by atoms with Crippen molar-refractivity contribution in [2.24, 2.45) is 5.92 Å². The molecule has 3 atom stereocenters. The average molecular weight is 604 g/mol. The van der Waals surface area contributed by atoms with Crippen molar-refractivity contribution >= 4 is 52.2 Å². The SMILES string of the molecule is O=C(Cn1c2c(sc1=O)[C@@H](c1ccco1)[C@@H]1C(=O)N(c3ccc(F)cc3)C(=O)[C@@H]1S2)Nc1ccccc1C(F)(F)F. The molecule has 8 nitrogen and oxygen atoms in total. The fraction of sp³-hybridized carbons (Fsp3) is 0.185. The summed E-state index contributed by atoms with van der Waals surface area (Å²) >= 11 is 1.70. The summed E-state index contributed by atoms with van der Waals surface area (Å²) in [5.74, 6) is -4.07. The van der Waals surface area contributed by atoms with E-state index >= 15 is 0 Å². The van der Waals surface area contributed by atoms with E-state index in [2.05, 4.69) is 5.32 Å². The normalized spacial score (nSPS) is 20.2. The van der Waals surface area contributed by atoms with E-state index in [9.17, 15) is 36.7 Å². The molecule has 2 aliphatic heterocycles. The summed E-state index contributed by atoms with van der Waals surface area (Å²) in [6.07, 6.45) is -3.33. The monoisotopic (exact) mass is 603 g/mol. The Hall–Kier alpha value is -4.17. The summed E-state index contributed by atoms with van der Waals surface area (Å²) in [5.41, 5.74) is -1.33. The number of amides is 3. The molecule has 6 rings (SSSR count). The van der Waals surface area contributed by atoms with Crippen LogP contribution in [-0.2, 0) is 27.1 Å². The molecule has 1 N–H and O–H groups in total. The number of nitrogens with one attached hydrogen (secondary N) is 1. The number of para-hydroxylation sites is 1. The van der Waals surface area contributed by atoms with E-state index < -0.39 is 69.5 Å². The zero-order chi connectivity index (χ0) is 29.1. The lowest BCUT2D eigenvalue weighted by Gasteiger charge is -2.29. The van der Waals surface area contributed by atoms with E-state index in [1.165, 1.54) is 30.5 Å². The Morgan fingerprint density at radius 1 is 0.976 bits per heavy atom. The fourth-order valence-corrected chi connectivity index (χ4v) is 7.80. The molecular formula is C27H17F4N3O5S2. The third kappa shape index (κ3) is 4.66. The van der Waals surface area contributed by atoms with E-state index in [1.54, 1.807) is 12.1 Å². The number of nitrogens with zero attached hydrogens (tertiary/aromatic N) is 2. The molecular weight excluding hydrogens is 586 g/mol. The number of anilines is 2. The first-order chi connectivity index (χ1) is 19.5. The Labute approximate surface area is 236 Å². The number of aromatic nitrogens is 1. The molecule has 210 valence electrons. The Kier molecular flexibility index (Phi) is 6.61. The van der Waals surface area contributed by atoms with Crippen LogP contribution in [0.2, 0.25) is 0 Å². The van der Waals surface area contributed by atoms with Gasteiger partial charge in [-0.05, 0) is 48.5 Å². The van der Waals surface area contributed by atoms with Gasteiger partial charge in [-0.15, -0.1) is 0 Å². The van der Waals surface area contributed by atoms with Crippen LogP contribution in [0, 0.1) is 11.7 Å². The fourth-order valence-electron chi connectivity index (χ4n) is 5.05. The minimum Gasteiger partial charge on any atom is -0.469 e. The quantitative estimate of drug-likeness (QED) is 0.252. The summed E-state index contributed by atoms with van der Waals surface area (Å²) in [7, 11) is 0. The van der Waals surface area contributed by atoms with Crippen molar-refractivity contribution in [3.63, 3.8) is 0 Å². The number of thiazole rings is 1. The molecule has 0 saturated carbocycles. The number of hydrogen-bond acceptors (Lipinski definition) is 7. The zero-order valence-corrected chi connectivity index (χ0v) is 22.2. The van der Waals surface area contributed by atoms with Gasteiger partial charge in [0.15, 0.2) is 0 Å². The van der Waals surface area contributed by atoms with Gasteiger partial charge in [-0.1, -0.05) is 35.2 Å². The highest BCUT2D eigenvalue weighted by Gasteiger charge is 2.57. The lowest BCUT2D eigenvalue weighted by Crippen LogP contribution is -2.32. The van der Waals surface area contributed by atoms with Crippen LogP contribution in [0.1, 0.15) is 22.1 Å². The van der Waals surface area contributed by atoms with Crippen LogP contribution in [0.15, 0.2) is 81.2 Å². The van der Waals surface area contributed by atoms with Gasteiger partial charge in [0.2, 0.25) is 17.7 Å². The number of halogens is 4. The smallest absolute Gasteiger partial charge is 0.418 e. The summed E-state index contributed by atoms with van der Waals surface area (Å²) in [6, 6.07) is 12.5. The second-order valence-corrected chi connectivity index (χ2v) is 11.4. The van der Waals surface area contributed by atoms with Crippen LogP contribution < -0.4 is 15.1 Å². The number of rotatable bonds is 5. The van der Waals surface area contributed by atoms with Crippen LogP contribution >= 0.6 is 23.1 Å². The summed E-state index contributed by atoms with van der Waals surface area (Å²) in [4.78, 5) is 54.0. The number of carbonyl (C=O) groups is 3. The molecule has 1 saturated heterocycles. The van der Waals surface area contributed by atoms with Crippen molar-refractivity contribution in [1.82, 2.24) is 4.57 Å². The third-order valence-electron chi connectivity index (χ3n) is 6.79. The molecule has 41 heavy (non-hydrogen) atoms. The number of benzene rings is 2. The number of carbonyl (C=O) groups excluding carboxylic acids is 3. The van der Waals surface area contributed by atoms with Gasteiger partial charge in [-0.2, -0.15) is 13.2 Å². The van der Waals surface area contributed by atoms with Gasteiger partial charge < -0.3 is 9.73 Å². The molecule has 1 fully saturated rings. The predicted octanol–water partition coefficient (Wildman–Crippen LogP) is 5.10. The summed E-state index contributed by atoms with van der Waals surface area (Å²) in [5, 5.41) is 1.45. The van der Waals surface area contributed by atoms with Gasteiger partial charge in [0, 0.05) is 0 Å². The second kappa shape index (κ2) is 10.0. The molecule has 2 aromatic carbocycles. The maximum atomic E-state index is 13.7. The third-order valence-corrected chi connectivity index (χ3v) is 9.40. The van der Waals surface area contributed by atoms with Crippen molar-refractivity contribution in [3.05, 3.63) is 98.6 Å². The number of imide groups is 1. The van der Waals surface area contributed by atoms with E-state index in [-0.39, 0.29) is 10.7 Å². The lowest BCUT2D eigenvalue weighted by atomic mass is 9.87. The van der Waals surface area contributed by atoms with Crippen LogP contribution in [-0.4, -0.2) is 27.5 Å². The van der Waals surface area contributed by atoms with Crippen molar-refractivity contribution in [2.45, 2.75) is 28.9 Å². The highest BCUT2D eigenvalue weighted by molar-refractivity contribution is 8.00. The Bertz CT molecular complexity index is 1730. The lowest BCUT2D eigenvalue weighted by molar-refractivity contribution is -0.137. The van der Waals surface area contributed by atoms with Gasteiger partial charge in [0.25, 0.3) is 0 Å². The largest absolute Gasteiger partial charge is 0.469 e. The highest BCUT2D eigenvalue weighted by atomic mass is 32.2.